The Morgan fingerprint density at radius 1 is 1.16 bits per heavy atom. The van der Waals surface area contributed by atoms with Gasteiger partial charge < -0.3 is 14.2 Å². The van der Waals surface area contributed by atoms with Gasteiger partial charge in [-0.25, -0.2) is 9.78 Å². The number of ketones is 1. The van der Waals surface area contributed by atoms with Gasteiger partial charge in [0.05, 0.1) is 4.88 Å². The number of Topliss-reactive ketones (excluding diaryl/α,β-unsaturated/α-hetero) is 1. The van der Waals surface area contributed by atoms with Gasteiger partial charge in [-0.3, -0.25) is 4.79 Å². The maximum atomic E-state index is 12.2. The van der Waals surface area contributed by atoms with Crippen LogP contribution in [0.1, 0.15) is 20.8 Å². The molecule has 3 aromatic rings. The quantitative estimate of drug-likeness (QED) is 0.502. The van der Waals surface area contributed by atoms with Gasteiger partial charge in [-0.05, 0) is 29.6 Å². The van der Waals surface area contributed by atoms with Crippen molar-refractivity contribution in [2.75, 3.05) is 13.4 Å². The third-order valence-electron chi connectivity index (χ3n) is 3.47. The molecule has 2 aromatic heterocycles. The van der Waals surface area contributed by atoms with Crippen molar-refractivity contribution < 1.29 is 23.8 Å². The SMILES string of the molecule is O=C(COC(=O)c1csc(-c2cccs2)n1)c1ccc2c(c1)OCO2. The summed E-state index contributed by atoms with van der Waals surface area (Å²) in [5, 5.41) is 4.32. The number of ether oxygens (including phenoxy) is 3. The monoisotopic (exact) mass is 373 g/mol. The van der Waals surface area contributed by atoms with Crippen LogP contribution in [0.25, 0.3) is 9.88 Å². The highest BCUT2D eigenvalue weighted by atomic mass is 32.1. The highest BCUT2D eigenvalue weighted by Gasteiger charge is 2.19. The lowest BCUT2D eigenvalue weighted by Gasteiger charge is -2.04. The molecule has 0 aliphatic carbocycles. The predicted molar refractivity (Wildman–Crippen MR) is 92.6 cm³/mol. The van der Waals surface area contributed by atoms with E-state index < -0.39 is 5.97 Å². The molecule has 3 heterocycles. The van der Waals surface area contributed by atoms with E-state index in [2.05, 4.69) is 4.98 Å². The summed E-state index contributed by atoms with van der Waals surface area (Å²) in [4.78, 5) is 29.5. The lowest BCUT2D eigenvalue weighted by Crippen LogP contribution is -2.14. The fourth-order valence-corrected chi connectivity index (χ4v) is 3.84. The van der Waals surface area contributed by atoms with Crippen molar-refractivity contribution in [2.45, 2.75) is 0 Å². The summed E-state index contributed by atoms with van der Waals surface area (Å²) in [5.41, 5.74) is 0.599. The molecular formula is C17H11NO5S2. The standard InChI is InChI=1S/C17H11NO5S2/c19-12(10-3-4-13-14(6-10)23-9-22-13)7-21-17(20)11-8-25-16(18-11)15-2-1-5-24-15/h1-6,8H,7,9H2. The van der Waals surface area contributed by atoms with Crippen molar-refractivity contribution >= 4 is 34.4 Å². The van der Waals surface area contributed by atoms with Gasteiger partial charge >= 0.3 is 5.97 Å². The second-order valence-electron chi connectivity index (χ2n) is 5.08. The van der Waals surface area contributed by atoms with Crippen LogP contribution in [0.3, 0.4) is 0 Å². The lowest BCUT2D eigenvalue weighted by atomic mass is 10.1. The third kappa shape index (κ3) is 3.26. The topological polar surface area (TPSA) is 74.7 Å². The Morgan fingerprint density at radius 2 is 2.04 bits per heavy atom. The Morgan fingerprint density at radius 3 is 2.88 bits per heavy atom. The molecule has 1 aliphatic rings. The zero-order valence-corrected chi connectivity index (χ0v) is 14.4. The molecular weight excluding hydrogens is 362 g/mol. The third-order valence-corrected chi connectivity index (χ3v) is 5.36. The first-order valence-corrected chi connectivity index (χ1v) is 9.06. The Labute approximate surface area is 150 Å². The summed E-state index contributed by atoms with van der Waals surface area (Å²) in [7, 11) is 0. The zero-order chi connectivity index (χ0) is 17.2. The predicted octanol–water partition coefficient (Wildman–Crippen LogP) is 3.64. The highest BCUT2D eigenvalue weighted by Crippen LogP contribution is 2.32. The smallest absolute Gasteiger partial charge is 0.358 e. The fraction of sp³-hybridized carbons (Fsp3) is 0.118. The number of benzene rings is 1. The largest absolute Gasteiger partial charge is 0.454 e. The van der Waals surface area contributed by atoms with Gasteiger partial charge in [-0.15, -0.1) is 22.7 Å². The van der Waals surface area contributed by atoms with E-state index in [9.17, 15) is 9.59 Å². The first-order chi connectivity index (χ1) is 12.2. The normalized spacial score (nSPS) is 12.2. The molecule has 25 heavy (non-hydrogen) atoms. The fourth-order valence-electron chi connectivity index (χ4n) is 2.24. The summed E-state index contributed by atoms with van der Waals surface area (Å²) in [6.45, 7) is -0.220. The van der Waals surface area contributed by atoms with Crippen LogP contribution < -0.4 is 9.47 Å². The van der Waals surface area contributed by atoms with Crippen LogP contribution in [-0.2, 0) is 4.74 Å². The molecule has 0 saturated carbocycles. The van der Waals surface area contributed by atoms with Crippen molar-refractivity contribution in [1.82, 2.24) is 4.98 Å². The van der Waals surface area contributed by atoms with Gasteiger partial charge in [0, 0.05) is 10.9 Å². The Balaban J connectivity index is 1.39. The van der Waals surface area contributed by atoms with E-state index in [1.807, 2.05) is 17.5 Å². The molecule has 0 bridgehead atoms. The summed E-state index contributed by atoms with van der Waals surface area (Å²) in [5.74, 6) is 0.169. The van der Waals surface area contributed by atoms with Gasteiger partial charge in [0.2, 0.25) is 6.79 Å². The minimum absolute atomic E-state index is 0.137. The van der Waals surface area contributed by atoms with E-state index in [0.29, 0.717) is 17.1 Å². The van der Waals surface area contributed by atoms with E-state index in [1.54, 1.807) is 34.9 Å². The van der Waals surface area contributed by atoms with Crippen LogP contribution in [0.5, 0.6) is 11.5 Å². The number of aromatic nitrogens is 1. The van der Waals surface area contributed by atoms with Crippen molar-refractivity contribution in [3.63, 3.8) is 0 Å². The van der Waals surface area contributed by atoms with Crippen LogP contribution in [0.4, 0.5) is 0 Å². The van der Waals surface area contributed by atoms with E-state index >= 15 is 0 Å². The molecule has 0 unspecified atom stereocenters. The minimum atomic E-state index is -0.617. The van der Waals surface area contributed by atoms with E-state index in [-0.39, 0.29) is 24.9 Å². The molecule has 4 rings (SSSR count). The average Bonchev–Trinajstić information content (AvgIpc) is 3.38. The van der Waals surface area contributed by atoms with Gasteiger partial charge in [0.1, 0.15) is 5.01 Å². The number of carbonyl (C=O) groups excluding carboxylic acids is 2. The average molecular weight is 373 g/mol. The molecule has 6 nitrogen and oxygen atoms in total. The summed E-state index contributed by atoms with van der Waals surface area (Å²) in [6, 6.07) is 8.70. The number of thiazole rings is 1. The molecule has 0 fully saturated rings. The first-order valence-electron chi connectivity index (χ1n) is 7.30. The van der Waals surface area contributed by atoms with Gasteiger partial charge in [0.25, 0.3) is 0 Å². The van der Waals surface area contributed by atoms with Crippen LogP contribution in [-0.4, -0.2) is 30.1 Å². The van der Waals surface area contributed by atoms with Crippen LogP contribution >= 0.6 is 22.7 Å². The molecule has 1 aliphatic heterocycles. The molecule has 0 saturated heterocycles. The number of carbonyl (C=O) groups is 2. The number of nitrogens with zero attached hydrogens (tertiary/aromatic N) is 1. The number of esters is 1. The van der Waals surface area contributed by atoms with Crippen molar-refractivity contribution in [3.05, 3.63) is 52.3 Å². The zero-order valence-electron chi connectivity index (χ0n) is 12.8. The molecule has 0 N–H and O–H groups in total. The van der Waals surface area contributed by atoms with Gasteiger partial charge in [-0.2, -0.15) is 0 Å². The van der Waals surface area contributed by atoms with Crippen molar-refractivity contribution in [1.29, 1.82) is 0 Å². The molecule has 0 amide bonds. The van der Waals surface area contributed by atoms with Crippen molar-refractivity contribution in [2.24, 2.45) is 0 Å². The molecule has 0 spiro atoms. The maximum Gasteiger partial charge on any atom is 0.358 e. The van der Waals surface area contributed by atoms with Gasteiger partial charge in [-0.1, -0.05) is 6.07 Å². The van der Waals surface area contributed by atoms with E-state index in [1.165, 1.54) is 11.3 Å². The summed E-state index contributed by atoms with van der Waals surface area (Å²) < 4.78 is 15.5. The number of hydrogen-bond donors (Lipinski definition) is 0. The molecule has 0 radical (unpaired) electrons. The lowest BCUT2D eigenvalue weighted by molar-refractivity contribution is 0.0470. The number of fused-ring (bicyclic) bond motifs is 1. The Bertz CT molecular complexity index is 932. The number of rotatable bonds is 5. The second-order valence-corrected chi connectivity index (χ2v) is 6.89. The summed E-state index contributed by atoms with van der Waals surface area (Å²) >= 11 is 2.91. The number of hydrogen-bond acceptors (Lipinski definition) is 8. The first kappa shape index (κ1) is 15.8. The maximum absolute atomic E-state index is 12.2. The molecule has 126 valence electrons. The van der Waals surface area contributed by atoms with Gasteiger partial charge in [0.15, 0.2) is 29.6 Å². The molecule has 1 aromatic carbocycles. The Kier molecular flexibility index (Phi) is 4.21. The summed E-state index contributed by atoms with van der Waals surface area (Å²) in [6.07, 6.45) is 0. The van der Waals surface area contributed by atoms with E-state index in [0.717, 1.165) is 9.88 Å². The Hall–Kier alpha value is -2.71. The van der Waals surface area contributed by atoms with E-state index in [4.69, 9.17) is 14.2 Å². The molecule has 8 heteroatoms. The molecule has 0 atom stereocenters. The van der Waals surface area contributed by atoms with Crippen LogP contribution in [0.15, 0.2) is 41.1 Å². The van der Waals surface area contributed by atoms with Crippen LogP contribution in [0, 0.1) is 0 Å². The number of thiophene rings is 1. The van der Waals surface area contributed by atoms with Crippen LogP contribution in [0.2, 0.25) is 0 Å². The van der Waals surface area contributed by atoms with Crippen molar-refractivity contribution in [3.8, 4) is 21.4 Å². The second kappa shape index (κ2) is 6.66. The minimum Gasteiger partial charge on any atom is -0.454 e. The highest BCUT2D eigenvalue weighted by molar-refractivity contribution is 7.20.